The topological polar surface area (TPSA) is 43.8 Å². The molecule has 108 valence electrons. The molecule has 1 atom stereocenters. The summed E-state index contributed by atoms with van der Waals surface area (Å²) in [7, 11) is 0. The third-order valence-electron chi connectivity index (χ3n) is 3.73. The molecule has 5 heteroatoms. The SMILES string of the molecule is CCn1nc(C)cc1CC(N)c1cc2c(s1)CCSC2. The van der Waals surface area contributed by atoms with Crippen LogP contribution in [0.5, 0.6) is 0 Å². The molecule has 1 unspecified atom stereocenters. The molecule has 0 bridgehead atoms. The lowest BCUT2D eigenvalue weighted by Crippen LogP contribution is -2.15. The molecule has 0 spiro atoms. The molecule has 3 heterocycles. The molecule has 0 fully saturated rings. The number of nitrogens with two attached hydrogens (primary N) is 1. The molecule has 0 saturated carbocycles. The van der Waals surface area contributed by atoms with E-state index in [0.29, 0.717) is 0 Å². The van der Waals surface area contributed by atoms with Crippen molar-refractivity contribution >= 4 is 23.1 Å². The van der Waals surface area contributed by atoms with Crippen molar-refractivity contribution < 1.29 is 0 Å². The fourth-order valence-electron chi connectivity index (χ4n) is 2.72. The first kappa shape index (κ1) is 14.2. The molecule has 1 aliphatic rings. The van der Waals surface area contributed by atoms with Crippen LogP contribution in [0.3, 0.4) is 0 Å². The summed E-state index contributed by atoms with van der Waals surface area (Å²) in [5.41, 5.74) is 10.3. The average molecular weight is 307 g/mol. The van der Waals surface area contributed by atoms with Gasteiger partial charge in [0.25, 0.3) is 0 Å². The summed E-state index contributed by atoms with van der Waals surface area (Å²) in [6.45, 7) is 5.08. The van der Waals surface area contributed by atoms with Crippen LogP contribution in [0, 0.1) is 6.92 Å². The first-order valence-electron chi connectivity index (χ1n) is 7.15. The third-order valence-corrected chi connectivity index (χ3v) is 6.10. The Morgan fingerprint density at radius 1 is 1.45 bits per heavy atom. The van der Waals surface area contributed by atoms with E-state index in [1.54, 1.807) is 4.88 Å². The Balaban J connectivity index is 1.78. The van der Waals surface area contributed by atoms with E-state index in [0.717, 1.165) is 24.4 Å². The predicted octanol–water partition coefficient (Wildman–Crippen LogP) is 3.30. The second kappa shape index (κ2) is 5.92. The number of thiophene rings is 1. The van der Waals surface area contributed by atoms with Gasteiger partial charge in [-0.2, -0.15) is 16.9 Å². The molecule has 3 nitrogen and oxygen atoms in total. The van der Waals surface area contributed by atoms with Crippen molar-refractivity contribution in [2.24, 2.45) is 5.73 Å². The maximum Gasteiger partial charge on any atom is 0.0596 e. The Morgan fingerprint density at radius 3 is 3.05 bits per heavy atom. The molecule has 2 aromatic rings. The van der Waals surface area contributed by atoms with Crippen LogP contribution < -0.4 is 5.73 Å². The van der Waals surface area contributed by atoms with Crippen molar-refractivity contribution in [1.29, 1.82) is 0 Å². The van der Waals surface area contributed by atoms with Crippen molar-refractivity contribution in [2.45, 2.75) is 45.0 Å². The highest BCUT2D eigenvalue weighted by Crippen LogP contribution is 2.34. The van der Waals surface area contributed by atoms with Crippen LogP contribution >= 0.6 is 23.1 Å². The van der Waals surface area contributed by atoms with Crippen molar-refractivity contribution in [3.8, 4) is 0 Å². The van der Waals surface area contributed by atoms with E-state index in [2.05, 4.69) is 28.8 Å². The van der Waals surface area contributed by atoms with Gasteiger partial charge in [-0.05, 0) is 43.7 Å². The highest BCUT2D eigenvalue weighted by molar-refractivity contribution is 7.98. The van der Waals surface area contributed by atoms with Crippen molar-refractivity contribution in [3.63, 3.8) is 0 Å². The maximum atomic E-state index is 6.43. The predicted molar refractivity (Wildman–Crippen MR) is 87.5 cm³/mol. The number of aromatic nitrogens is 2. The van der Waals surface area contributed by atoms with Gasteiger partial charge in [-0.25, -0.2) is 0 Å². The fraction of sp³-hybridized carbons (Fsp3) is 0.533. The van der Waals surface area contributed by atoms with Crippen LogP contribution in [-0.4, -0.2) is 15.5 Å². The van der Waals surface area contributed by atoms with Gasteiger partial charge in [0, 0.05) is 40.2 Å². The average Bonchev–Trinajstić information content (AvgIpc) is 3.01. The summed E-state index contributed by atoms with van der Waals surface area (Å²) < 4.78 is 2.07. The zero-order valence-corrected chi connectivity index (χ0v) is 13.7. The summed E-state index contributed by atoms with van der Waals surface area (Å²) in [5, 5.41) is 4.50. The number of fused-ring (bicyclic) bond motifs is 1. The van der Waals surface area contributed by atoms with Gasteiger partial charge >= 0.3 is 0 Å². The standard InChI is InChI=1S/C15H21N3S2/c1-3-18-12(6-10(2)17-18)8-13(16)15-7-11-9-19-5-4-14(11)20-15/h6-7,13H,3-5,8-9,16H2,1-2H3. The minimum absolute atomic E-state index is 0.0944. The zero-order valence-electron chi connectivity index (χ0n) is 12.1. The second-order valence-corrected chi connectivity index (χ2v) is 7.58. The molecular weight excluding hydrogens is 286 g/mol. The van der Waals surface area contributed by atoms with E-state index >= 15 is 0 Å². The van der Waals surface area contributed by atoms with Gasteiger partial charge in [0.15, 0.2) is 0 Å². The van der Waals surface area contributed by atoms with E-state index < -0.39 is 0 Å². The lowest BCUT2D eigenvalue weighted by Gasteiger charge is -2.10. The van der Waals surface area contributed by atoms with Crippen LogP contribution in [0.2, 0.25) is 0 Å². The molecule has 20 heavy (non-hydrogen) atoms. The number of hydrogen-bond donors (Lipinski definition) is 1. The van der Waals surface area contributed by atoms with Crippen LogP contribution in [0.15, 0.2) is 12.1 Å². The summed E-state index contributed by atoms with van der Waals surface area (Å²) in [5.74, 6) is 2.41. The smallest absolute Gasteiger partial charge is 0.0596 e. The lowest BCUT2D eigenvalue weighted by molar-refractivity contribution is 0.590. The number of hydrogen-bond acceptors (Lipinski definition) is 4. The van der Waals surface area contributed by atoms with Crippen LogP contribution in [0.1, 0.15) is 39.7 Å². The van der Waals surface area contributed by atoms with E-state index in [9.17, 15) is 0 Å². The highest BCUT2D eigenvalue weighted by Gasteiger charge is 2.18. The minimum Gasteiger partial charge on any atom is -0.323 e. The molecule has 0 amide bonds. The van der Waals surface area contributed by atoms with Gasteiger partial charge in [0.2, 0.25) is 0 Å². The number of thioether (sulfide) groups is 1. The first-order chi connectivity index (χ1) is 9.67. The summed E-state index contributed by atoms with van der Waals surface area (Å²) >= 11 is 3.94. The van der Waals surface area contributed by atoms with Gasteiger partial charge in [-0.15, -0.1) is 11.3 Å². The monoisotopic (exact) mass is 307 g/mol. The Bertz CT molecular complexity index is 577. The lowest BCUT2D eigenvalue weighted by atomic mass is 10.1. The van der Waals surface area contributed by atoms with Gasteiger partial charge in [0.05, 0.1) is 5.69 Å². The largest absolute Gasteiger partial charge is 0.323 e. The number of aryl methyl sites for hydroxylation is 3. The van der Waals surface area contributed by atoms with Gasteiger partial charge in [0.1, 0.15) is 0 Å². The van der Waals surface area contributed by atoms with Crippen molar-refractivity contribution in [3.05, 3.63) is 38.8 Å². The third kappa shape index (κ3) is 2.80. The summed E-state index contributed by atoms with van der Waals surface area (Å²) in [6.07, 6.45) is 2.09. The first-order valence-corrected chi connectivity index (χ1v) is 9.12. The molecule has 3 rings (SSSR count). The van der Waals surface area contributed by atoms with Crippen LogP contribution in [-0.2, 0) is 25.1 Å². The highest BCUT2D eigenvalue weighted by atomic mass is 32.2. The van der Waals surface area contributed by atoms with Crippen LogP contribution in [0.25, 0.3) is 0 Å². The van der Waals surface area contributed by atoms with Crippen molar-refractivity contribution in [2.75, 3.05) is 5.75 Å². The summed E-state index contributed by atoms with van der Waals surface area (Å²) in [4.78, 5) is 2.88. The fourth-order valence-corrected chi connectivity index (χ4v) is 5.09. The minimum atomic E-state index is 0.0944. The van der Waals surface area contributed by atoms with E-state index in [1.165, 1.54) is 28.3 Å². The molecule has 2 N–H and O–H groups in total. The zero-order chi connectivity index (χ0) is 14.1. The van der Waals surface area contributed by atoms with E-state index in [-0.39, 0.29) is 6.04 Å². The molecule has 2 aromatic heterocycles. The van der Waals surface area contributed by atoms with Gasteiger partial charge < -0.3 is 5.73 Å². The Kier molecular flexibility index (Phi) is 4.19. The Hall–Kier alpha value is -0.780. The van der Waals surface area contributed by atoms with Gasteiger partial charge in [-0.3, -0.25) is 4.68 Å². The molecule has 0 aliphatic carbocycles. The molecule has 0 radical (unpaired) electrons. The van der Waals surface area contributed by atoms with Gasteiger partial charge in [-0.1, -0.05) is 0 Å². The second-order valence-electron chi connectivity index (χ2n) is 5.30. The molecule has 0 saturated heterocycles. The molecule has 1 aliphatic heterocycles. The molecular formula is C15H21N3S2. The van der Waals surface area contributed by atoms with E-state index in [1.807, 2.05) is 30.0 Å². The summed E-state index contributed by atoms with van der Waals surface area (Å²) in [6, 6.07) is 4.58. The van der Waals surface area contributed by atoms with Crippen molar-refractivity contribution in [1.82, 2.24) is 9.78 Å². The quantitative estimate of drug-likeness (QED) is 0.942. The number of rotatable bonds is 4. The van der Waals surface area contributed by atoms with E-state index in [4.69, 9.17) is 5.73 Å². The Morgan fingerprint density at radius 2 is 2.30 bits per heavy atom. The van der Waals surface area contributed by atoms with Crippen LogP contribution in [0.4, 0.5) is 0 Å². The molecule has 0 aromatic carbocycles. The normalized spacial score (nSPS) is 16.1. The number of nitrogens with zero attached hydrogens (tertiary/aromatic N) is 2. The maximum absolute atomic E-state index is 6.43. The Labute approximate surface area is 128 Å².